The standard InChI is InChI=1S/C13H12O3/c1-9-4-3-5-10(8-9)11-6-7-12(16-11)13(14)15-2/h3-8H,1-2H3. The fraction of sp³-hybridized carbons (Fsp3) is 0.154. The van der Waals surface area contributed by atoms with E-state index in [1.165, 1.54) is 7.11 Å². The van der Waals surface area contributed by atoms with Crippen LogP contribution in [0.25, 0.3) is 11.3 Å². The third-order valence-electron chi connectivity index (χ3n) is 2.30. The Balaban J connectivity index is 2.35. The Kier molecular flexibility index (Phi) is 2.77. The first kappa shape index (κ1) is 10.5. The van der Waals surface area contributed by atoms with Gasteiger partial charge in [-0.25, -0.2) is 4.79 Å². The average Bonchev–Trinajstić information content (AvgIpc) is 2.77. The minimum atomic E-state index is -0.459. The van der Waals surface area contributed by atoms with Crippen LogP contribution in [0.4, 0.5) is 0 Å². The molecule has 0 N–H and O–H groups in total. The summed E-state index contributed by atoms with van der Waals surface area (Å²) in [7, 11) is 1.33. The van der Waals surface area contributed by atoms with E-state index in [0.29, 0.717) is 5.76 Å². The van der Waals surface area contributed by atoms with E-state index in [0.717, 1.165) is 11.1 Å². The van der Waals surface area contributed by atoms with Crippen molar-refractivity contribution in [3.05, 3.63) is 47.7 Å². The molecule has 0 aliphatic carbocycles. The number of carbonyl (C=O) groups is 1. The molecule has 0 atom stereocenters. The van der Waals surface area contributed by atoms with Crippen molar-refractivity contribution in [2.45, 2.75) is 6.92 Å². The summed E-state index contributed by atoms with van der Waals surface area (Å²) in [5.41, 5.74) is 2.10. The molecule has 2 aromatic rings. The number of rotatable bonds is 2. The van der Waals surface area contributed by atoms with E-state index >= 15 is 0 Å². The van der Waals surface area contributed by atoms with Crippen LogP contribution in [0.2, 0.25) is 0 Å². The zero-order valence-corrected chi connectivity index (χ0v) is 9.19. The summed E-state index contributed by atoms with van der Waals surface area (Å²) in [4.78, 5) is 11.2. The van der Waals surface area contributed by atoms with Gasteiger partial charge in [-0.3, -0.25) is 0 Å². The Morgan fingerprint density at radius 2 is 2.06 bits per heavy atom. The minimum Gasteiger partial charge on any atom is -0.463 e. The molecule has 0 amide bonds. The van der Waals surface area contributed by atoms with Gasteiger partial charge in [-0.1, -0.05) is 23.8 Å². The van der Waals surface area contributed by atoms with Crippen molar-refractivity contribution in [3.63, 3.8) is 0 Å². The molecule has 0 radical (unpaired) electrons. The lowest BCUT2D eigenvalue weighted by Crippen LogP contribution is -1.98. The fourth-order valence-corrected chi connectivity index (χ4v) is 1.50. The maximum atomic E-state index is 11.2. The first-order valence-electron chi connectivity index (χ1n) is 4.96. The van der Waals surface area contributed by atoms with E-state index in [2.05, 4.69) is 4.74 Å². The molecule has 82 valence electrons. The van der Waals surface area contributed by atoms with E-state index in [1.807, 2.05) is 31.2 Å². The summed E-state index contributed by atoms with van der Waals surface area (Å²) in [6.07, 6.45) is 0. The van der Waals surface area contributed by atoms with Crippen molar-refractivity contribution < 1.29 is 13.9 Å². The number of furan rings is 1. The quantitative estimate of drug-likeness (QED) is 0.724. The molecule has 16 heavy (non-hydrogen) atoms. The molecule has 0 unspecified atom stereocenters. The number of methoxy groups -OCH3 is 1. The second-order valence-corrected chi connectivity index (χ2v) is 3.52. The van der Waals surface area contributed by atoms with E-state index in [9.17, 15) is 4.79 Å². The van der Waals surface area contributed by atoms with Crippen LogP contribution in [0.5, 0.6) is 0 Å². The van der Waals surface area contributed by atoms with Gasteiger partial charge in [0.15, 0.2) is 0 Å². The zero-order chi connectivity index (χ0) is 11.5. The third kappa shape index (κ3) is 1.98. The summed E-state index contributed by atoms with van der Waals surface area (Å²) in [6.45, 7) is 2.01. The lowest BCUT2D eigenvalue weighted by molar-refractivity contribution is 0.0566. The Morgan fingerprint density at radius 1 is 1.25 bits per heavy atom. The number of benzene rings is 1. The van der Waals surface area contributed by atoms with Gasteiger partial charge in [0.2, 0.25) is 5.76 Å². The van der Waals surface area contributed by atoms with Gasteiger partial charge in [0.05, 0.1) is 7.11 Å². The molecule has 3 nitrogen and oxygen atoms in total. The van der Waals surface area contributed by atoms with Crippen molar-refractivity contribution in [1.29, 1.82) is 0 Å². The average molecular weight is 216 g/mol. The Morgan fingerprint density at radius 3 is 2.75 bits per heavy atom. The van der Waals surface area contributed by atoms with Gasteiger partial charge in [0, 0.05) is 5.56 Å². The summed E-state index contributed by atoms with van der Waals surface area (Å²) in [5.74, 6) is 0.432. The molecule has 0 aliphatic rings. The topological polar surface area (TPSA) is 39.4 Å². The first-order valence-corrected chi connectivity index (χ1v) is 4.96. The highest BCUT2D eigenvalue weighted by Gasteiger charge is 2.11. The van der Waals surface area contributed by atoms with Crippen molar-refractivity contribution in [2.24, 2.45) is 0 Å². The maximum absolute atomic E-state index is 11.2. The molecule has 1 heterocycles. The van der Waals surface area contributed by atoms with Crippen molar-refractivity contribution >= 4 is 5.97 Å². The van der Waals surface area contributed by atoms with Gasteiger partial charge >= 0.3 is 5.97 Å². The number of ether oxygens (including phenoxy) is 1. The minimum absolute atomic E-state index is 0.221. The van der Waals surface area contributed by atoms with Crippen LogP contribution in [0.15, 0.2) is 40.8 Å². The van der Waals surface area contributed by atoms with Gasteiger partial charge in [0.1, 0.15) is 5.76 Å². The van der Waals surface area contributed by atoms with Crippen LogP contribution in [-0.2, 0) is 4.74 Å². The first-order chi connectivity index (χ1) is 7.70. The van der Waals surface area contributed by atoms with Crippen LogP contribution in [0.1, 0.15) is 16.1 Å². The summed E-state index contributed by atoms with van der Waals surface area (Å²) in [6, 6.07) is 11.3. The monoisotopic (exact) mass is 216 g/mol. The highest BCUT2D eigenvalue weighted by atomic mass is 16.5. The smallest absolute Gasteiger partial charge is 0.373 e. The third-order valence-corrected chi connectivity index (χ3v) is 2.30. The second kappa shape index (κ2) is 4.23. The molecule has 3 heteroatoms. The predicted molar refractivity (Wildman–Crippen MR) is 60.2 cm³/mol. The summed E-state index contributed by atoms with van der Waals surface area (Å²) in [5, 5.41) is 0. The fourth-order valence-electron chi connectivity index (χ4n) is 1.50. The SMILES string of the molecule is COC(=O)c1ccc(-c2cccc(C)c2)o1. The van der Waals surface area contributed by atoms with Gasteiger partial charge in [-0.15, -0.1) is 0 Å². The van der Waals surface area contributed by atoms with Gasteiger partial charge in [-0.05, 0) is 25.1 Å². The van der Waals surface area contributed by atoms with E-state index in [4.69, 9.17) is 4.42 Å². The predicted octanol–water partition coefficient (Wildman–Crippen LogP) is 3.04. The van der Waals surface area contributed by atoms with E-state index in [1.54, 1.807) is 12.1 Å². The molecular weight excluding hydrogens is 204 g/mol. The molecular formula is C13H12O3. The summed E-state index contributed by atoms with van der Waals surface area (Å²) < 4.78 is 9.98. The molecule has 1 aromatic carbocycles. The Hall–Kier alpha value is -2.03. The second-order valence-electron chi connectivity index (χ2n) is 3.52. The maximum Gasteiger partial charge on any atom is 0.373 e. The van der Waals surface area contributed by atoms with Gasteiger partial charge < -0.3 is 9.15 Å². The number of esters is 1. The van der Waals surface area contributed by atoms with Crippen molar-refractivity contribution in [1.82, 2.24) is 0 Å². The molecule has 1 aromatic heterocycles. The van der Waals surface area contributed by atoms with Gasteiger partial charge in [-0.2, -0.15) is 0 Å². The normalized spacial score (nSPS) is 10.1. The molecule has 0 bridgehead atoms. The van der Waals surface area contributed by atoms with Crippen LogP contribution < -0.4 is 0 Å². The zero-order valence-electron chi connectivity index (χ0n) is 9.19. The number of aryl methyl sites for hydroxylation is 1. The molecule has 2 rings (SSSR count). The van der Waals surface area contributed by atoms with Crippen molar-refractivity contribution in [2.75, 3.05) is 7.11 Å². The summed E-state index contributed by atoms with van der Waals surface area (Å²) >= 11 is 0. The Bertz CT molecular complexity index is 511. The van der Waals surface area contributed by atoms with E-state index in [-0.39, 0.29) is 5.76 Å². The van der Waals surface area contributed by atoms with Gasteiger partial charge in [0.25, 0.3) is 0 Å². The number of hydrogen-bond donors (Lipinski definition) is 0. The number of hydrogen-bond acceptors (Lipinski definition) is 3. The number of carbonyl (C=O) groups excluding carboxylic acids is 1. The van der Waals surface area contributed by atoms with Crippen LogP contribution >= 0.6 is 0 Å². The van der Waals surface area contributed by atoms with Crippen LogP contribution in [0.3, 0.4) is 0 Å². The largest absolute Gasteiger partial charge is 0.463 e. The highest BCUT2D eigenvalue weighted by Crippen LogP contribution is 2.23. The van der Waals surface area contributed by atoms with Crippen LogP contribution in [0, 0.1) is 6.92 Å². The van der Waals surface area contributed by atoms with Crippen LogP contribution in [-0.4, -0.2) is 13.1 Å². The molecule has 0 spiro atoms. The lowest BCUT2D eigenvalue weighted by atomic mass is 10.1. The highest BCUT2D eigenvalue weighted by molar-refractivity contribution is 5.87. The molecule has 0 fully saturated rings. The Labute approximate surface area is 93.7 Å². The van der Waals surface area contributed by atoms with E-state index < -0.39 is 5.97 Å². The van der Waals surface area contributed by atoms with Crippen molar-refractivity contribution in [3.8, 4) is 11.3 Å². The molecule has 0 saturated heterocycles. The lowest BCUT2D eigenvalue weighted by Gasteiger charge is -1.98. The molecule has 0 aliphatic heterocycles. The molecule has 0 saturated carbocycles.